The van der Waals surface area contributed by atoms with Crippen molar-refractivity contribution in [2.45, 2.75) is 11.8 Å². The number of carbonyl (C=O) groups is 1. The van der Waals surface area contributed by atoms with E-state index in [0.717, 1.165) is 16.8 Å². The lowest BCUT2D eigenvalue weighted by Crippen LogP contribution is -2.26. The third-order valence-electron chi connectivity index (χ3n) is 3.78. The minimum Gasteiger partial charge on any atom is -0.461 e. The first-order valence-corrected chi connectivity index (χ1v) is 11.5. The number of hydrogen-bond acceptors (Lipinski definition) is 7. The molecule has 0 amide bonds. The lowest BCUT2D eigenvalue weighted by molar-refractivity contribution is 0.0515. The molecule has 0 spiro atoms. The predicted octanol–water partition coefficient (Wildman–Crippen LogP) is 4.25. The van der Waals surface area contributed by atoms with Crippen molar-refractivity contribution >= 4 is 55.2 Å². The minimum absolute atomic E-state index is 0.0111. The molecule has 2 aromatic carbocycles. The number of esters is 1. The summed E-state index contributed by atoms with van der Waals surface area (Å²) in [5.74, 6) is -1.58. The zero-order valence-corrected chi connectivity index (χ0v) is 19.6. The van der Waals surface area contributed by atoms with Crippen LogP contribution in [-0.4, -0.2) is 30.8 Å². The van der Waals surface area contributed by atoms with E-state index >= 15 is 0 Å². The fourth-order valence-corrected chi connectivity index (χ4v) is 4.53. The fourth-order valence-electron chi connectivity index (χ4n) is 2.47. The van der Waals surface area contributed by atoms with Gasteiger partial charge in [0.15, 0.2) is 5.75 Å². The number of ether oxygens (including phenoxy) is 1. The van der Waals surface area contributed by atoms with E-state index in [0.29, 0.717) is 10.2 Å². The number of hydrogen-bond donors (Lipinski definition) is 0. The second kappa shape index (κ2) is 9.39. The Labute approximate surface area is 195 Å². The maximum absolute atomic E-state index is 12.8. The molecule has 0 fully saturated rings. The third-order valence-corrected chi connectivity index (χ3v) is 6.23. The van der Waals surface area contributed by atoms with Crippen molar-refractivity contribution < 1.29 is 22.1 Å². The quantitative estimate of drug-likeness (QED) is 0.335. The first-order valence-electron chi connectivity index (χ1n) is 8.59. The molecule has 0 saturated carbocycles. The van der Waals surface area contributed by atoms with Crippen LogP contribution in [-0.2, 0) is 14.9 Å². The van der Waals surface area contributed by atoms with Crippen LogP contribution in [0.3, 0.4) is 0 Å². The number of nitrogens with zero attached hydrogens (tertiary/aromatic N) is 2. The summed E-state index contributed by atoms with van der Waals surface area (Å²) in [6.07, 6.45) is 0. The molecule has 0 atom stereocenters. The highest BCUT2D eigenvalue weighted by Gasteiger charge is 2.27. The van der Waals surface area contributed by atoms with Crippen molar-refractivity contribution in [2.24, 2.45) is 0 Å². The average molecular weight is 548 g/mol. The maximum Gasteiger partial charge on any atom is 0.362 e. The molecule has 12 heteroatoms. The number of carbonyl (C=O) groups excluding carboxylic acids is 1. The molecule has 8 nitrogen and oxygen atoms in total. The van der Waals surface area contributed by atoms with Gasteiger partial charge in [0, 0.05) is 9.50 Å². The van der Waals surface area contributed by atoms with Crippen molar-refractivity contribution in [1.29, 1.82) is 0 Å². The van der Waals surface area contributed by atoms with Gasteiger partial charge < -0.3 is 8.92 Å². The van der Waals surface area contributed by atoms with Gasteiger partial charge in [-0.3, -0.25) is 4.79 Å². The molecule has 3 aromatic rings. The Morgan fingerprint density at radius 2 is 1.90 bits per heavy atom. The van der Waals surface area contributed by atoms with Crippen LogP contribution in [0.5, 0.6) is 5.75 Å². The zero-order chi connectivity index (χ0) is 22.8. The molecule has 3 rings (SSSR count). The first kappa shape index (κ1) is 23.3. The molecular formula is C19H13BrCl2N2O6S. The Balaban J connectivity index is 2.15. The summed E-state index contributed by atoms with van der Waals surface area (Å²) in [7, 11) is -4.56. The van der Waals surface area contributed by atoms with Gasteiger partial charge in [-0.15, -0.1) is 0 Å². The van der Waals surface area contributed by atoms with Crippen LogP contribution in [0.2, 0.25) is 10.0 Å². The van der Waals surface area contributed by atoms with Gasteiger partial charge in [0.05, 0.1) is 23.4 Å². The number of halogens is 3. The zero-order valence-electron chi connectivity index (χ0n) is 15.7. The van der Waals surface area contributed by atoms with Crippen LogP contribution in [0, 0.1) is 0 Å². The Morgan fingerprint density at radius 3 is 2.58 bits per heavy atom. The molecule has 0 radical (unpaired) electrons. The summed E-state index contributed by atoms with van der Waals surface area (Å²) >= 11 is 15.1. The van der Waals surface area contributed by atoms with Gasteiger partial charge in [-0.2, -0.15) is 18.2 Å². The highest BCUT2D eigenvalue weighted by atomic mass is 79.9. The van der Waals surface area contributed by atoms with E-state index in [1.54, 1.807) is 31.2 Å². The Hall–Kier alpha value is -2.40. The van der Waals surface area contributed by atoms with E-state index in [9.17, 15) is 18.0 Å². The van der Waals surface area contributed by atoms with E-state index in [4.69, 9.17) is 32.1 Å². The average Bonchev–Trinajstić information content (AvgIpc) is 2.69. The van der Waals surface area contributed by atoms with Crippen LogP contribution >= 0.6 is 39.1 Å². The van der Waals surface area contributed by atoms with Crippen LogP contribution < -0.4 is 9.74 Å². The second-order valence-corrected chi connectivity index (χ2v) is 9.19. The second-order valence-electron chi connectivity index (χ2n) is 5.92. The number of rotatable bonds is 6. The molecular weight excluding hydrogens is 535 g/mol. The normalized spacial score (nSPS) is 11.2. The van der Waals surface area contributed by atoms with Gasteiger partial charge in [-0.1, -0.05) is 45.2 Å². The van der Waals surface area contributed by atoms with E-state index in [1.807, 2.05) is 0 Å². The van der Waals surface area contributed by atoms with E-state index in [2.05, 4.69) is 21.0 Å². The van der Waals surface area contributed by atoms with Crippen LogP contribution in [0.4, 0.5) is 0 Å². The number of benzene rings is 2. The Morgan fingerprint density at radius 1 is 1.16 bits per heavy atom. The SMILES string of the molecule is CCOC(=O)c1nn(-c2cccc(Br)c2)c(=O)cc1OS(=O)(=O)c1cc(Cl)ccc1Cl. The minimum atomic E-state index is -4.56. The summed E-state index contributed by atoms with van der Waals surface area (Å²) in [6.45, 7) is 1.55. The molecule has 0 aliphatic heterocycles. The topological polar surface area (TPSA) is 105 Å². The van der Waals surface area contributed by atoms with Gasteiger partial charge in [-0.25, -0.2) is 4.79 Å². The van der Waals surface area contributed by atoms with Crippen molar-refractivity contribution in [3.63, 3.8) is 0 Å². The third kappa shape index (κ3) is 5.27. The largest absolute Gasteiger partial charge is 0.461 e. The van der Waals surface area contributed by atoms with Crippen LogP contribution in [0.25, 0.3) is 5.69 Å². The van der Waals surface area contributed by atoms with Gasteiger partial charge in [-0.05, 0) is 43.3 Å². The van der Waals surface area contributed by atoms with E-state index in [-0.39, 0.29) is 16.7 Å². The lowest BCUT2D eigenvalue weighted by Gasteiger charge is -2.13. The number of aromatic nitrogens is 2. The van der Waals surface area contributed by atoms with Crippen molar-refractivity contribution in [1.82, 2.24) is 9.78 Å². The highest BCUT2D eigenvalue weighted by Crippen LogP contribution is 2.29. The molecule has 0 bridgehead atoms. The van der Waals surface area contributed by atoms with E-state index < -0.39 is 38.0 Å². The lowest BCUT2D eigenvalue weighted by atomic mass is 10.3. The van der Waals surface area contributed by atoms with E-state index in [1.165, 1.54) is 12.1 Å². The molecule has 0 aliphatic rings. The van der Waals surface area contributed by atoms with Crippen LogP contribution in [0.1, 0.15) is 17.4 Å². The molecule has 31 heavy (non-hydrogen) atoms. The van der Waals surface area contributed by atoms with Gasteiger partial charge in [0.25, 0.3) is 5.56 Å². The Bertz CT molecular complexity index is 1330. The monoisotopic (exact) mass is 546 g/mol. The predicted molar refractivity (Wildman–Crippen MR) is 118 cm³/mol. The molecule has 0 N–H and O–H groups in total. The van der Waals surface area contributed by atoms with Crippen molar-refractivity contribution in [3.8, 4) is 11.4 Å². The maximum atomic E-state index is 12.8. The molecule has 1 aromatic heterocycles. The molecule has 0 unspecified atom stereocenters. The Kier molecular flexibility index (Phi) is 7.05. The highest BCUT2D eigenvalue weighted by molar-refractivity contribution is 9.10. The van der Waals surface area contributed by atoms with Gasteiger partial charge in [0.2, 0.25) is 5.69 Å². The molecule has 0 saturated heterocycles. The first-order chi connectivity index (χ1) is 14.6. The molecule has 1 heterocycles. The van der Waals surface area contributed by atoms with Gasteiger partial charge in [0.1, 0.15) is 4.90 Å². The fraction of sp³-hybridized carbons (Fsp3) is 0.105. The molecule has 0 aliphatic carbocycles. The van der Waals surface area contributed by atoms with Crippen molar-refractivity contribution in [3.05, 3.63) is 79.1 Å². The van der Waals surface area contributed by atoms with Gasteiger partial charge >= 0.3 is 16.1 Å². The van der Waals surface area contributed by atoms with Crippen molar-refractivity contribution in [2.75, 3.05) is 6.61 Å². The smallest absolute Gasteiger partial charge is 0.362 e. The summed E-state index contributed by atoms with van der Waals surface area (Å²) in [5, 5.41) is 3.92. The summed E-state index contributed by atoms with van der Waals surface area (Å²) in [5.41, 5.74) is -0.922. The van der Waals surface area contributed by atoms with Crippen LogP contribution in [0.15, 0.2) is 62.7 Å². The summed E-state index contributed by atoms with van der Waals surface area (Å²) in [4.78, 5) is 24.6. The summed E-state index contributed by atoms with van der Waals surface area (Å²) in [6, 6.07) is 11.1. The molecule has 162 valence electrons. The summed E-state index contributed by atoms with van der Waals surface area (Å²) < 4.78 is 37.1. The standard InChI is InChI=1S/C19H13BrCl2N2O6S/c1-2-29-19(26)18-15(30-31(27,28)16-9-12(21)6-7-14(16)22)10-17(25)24(23-18)13-5-3-4-11(20)8-13/h3-10H,2H2,1H3.